The van der Waals surface area contributed by atoms with Gasteiger partial charge < -0.3 is 0 Å². The van der Waals surface area contributed by atoms with E-state index in [-0.39, 0.29) is 0 Å². The Morgan fingerprint density at radius 2 is 2.00 bits per heavy atom. The van der Waals surface area contributed by atoms with E-state index < -0.39 is 0 Å². The molecular weight excluding hydrogens is 220 g/mol. The van der Waals surface area contributed by atoms with Crippen molar-refractivity contribution in [2.75, 3.05) is 0 Å². The fourth-order valence-electron chi connectivity index (χ4n) is 1.54. The number of aromatic nitrogens is 4. The van der Waals surface area contributed by atoms with Gasteiger partial charge in [0.1, 0.15) is 5.82 Å². The second kappa shape index (κ2) is 4.74. The van der Waals surface area contributed by atoms with E-state index in [9.17, 15) is 0 Å². The molecule has 0 atom stereocenters. The Morgan fingerprint density at radius 1 is 1.19 bits per heavy atom. The summed E-state index contributed by atoms with van der Waals surface area (Å²) in [6.07, 6.45) is 2.80. The number of hydrogen-bond acceptors (Lipinski definition) is 4. The van der Waals surface area contributed by atoms with Crippen molar-refractivity contribution in [1.82, 2.24) is 19.1 Å². The standard InChI is InChI=1S/C11H16N4S/c1-4-8-7-9(5-2)15(13-8)11-12-10(6-3)14-16-11/h7H,4-6H2,1-3H3. The minimum atomic E-state index is 0.875. The van der Waals surface area contributed by atoms with Gasteiger partial charge in [0.15, 0.2) is 0 Å². The van der Waals surface area contributed by atoms with Crippen LogP contribution in [0.15, 0.2) is 6.07 Å². The summed E-state index contributed by atoms with van der Waals surface area (Å²) in [5, 5.41) is 5.42. The van der Waals surface area contributed by atoms with Crippen molar-refractivity contribution in [1.29, 1.82) is 0 Å². The molecule has 0 bridgehead atoms. The van der Waals surface area contributed by atoms with Crippen molar-refractivity contribution in [2.45, 2.75) is 40.0 Å². The van der Waals surface area contributed by atoms with E-state index in [0.717, 1.165) is 35.9 Å². The topological polar surface area (TPSA) is 43.6 Å². The van der Waals surface area contributed by atoms with Crippen LogP contribution in [-0.4, -0.2) is 19.1 Å². The third kappa shape index (κ3) is 2.00. The second-order valence-electron chi connectivity index (χ2n) is 3.59. The van der Waals surface area contributed by atoms with E-state index in [4.69, 9.17) is 0 Å². The first kappa shape index (κ1) is 11.3. The largest absolute Gasteiger partial charge is 0.230 e. The smallest absolute Gasteiger partial charge is 0.209 e. The molecule has 0 spiro atoms. The van der Waals surface area contributed by atoms with E-state index in [1.807, 2.05) is 4.68 Å². The molecule has 86 valence electrons. The maximum absolute atomic E-state index is 4.54. The van der Waals surface area contributed by atoms with Gasteiger partial charge in [-0.2, -0.15) is 9.47 Å². The van der Waals surface area contributed by atoms with Crippen molar-refractivity contribution in [2.24, 2.45) is 0 Å². The van der Waals surface area contributed by atoms with Crippen LogP contribution in [0.3, 0.4) is 0 Å². The third-order valence-electron chi connectivity index (χ3n) is 2.51. The summed E-state index contributed by atoms with van der Waals surface area (Å²) in [6.45, 7) is 6.31. The highest BCUT2D eigenvalue weighted by Gasteiger charge is 2.11. The third-order valence-corrected chi connectivity index (χ3v) is 3.24. The van der Waals surface area contributed by atoms with Crippen LogP contribution in [0.25, 0.3) is 5.13 Å². The highest BCUT2D eigenvalue weighted by molar-refractivity contribution is 7.08. The lowest BCUT2D eigenvalue weighted by Crippen LogP contribution is -2.01. The minimum absolute atomic E-state index is 0.875. The molecule has 0 aliphatic carbocycles. The van der Waals surface area contributed by atoms with Gasteiger partial charge in [-0.15, -0.1) is 0 Å². The Hall–Kier alpha value is -1.23. The number of aryl methyl sites for hydroxylation is 3. The first-order valence-electron chi connectivity index (χ1n) is 5.69. The summed E-state index contributed by atoms with van der Waals surface area (Å²) in [5.41, 5.74) is 2.32. The average Bonchev–Trinajstić information content (AvgIpc) is 2.94. The lowest BCUT2D eigenvalue weighted by molar-refractivity contribution is 0.782. The van der Waals surface area contributed by atoms with E-state index in [0.29, 0.717) is 0 Å². The SMILES string of the molecule is CCc1cc(CC)n(-c2nc(CC)ns2)n1. The average molecular weight is 236 g/mol. The fourth-order valence-corrected chi connectivity index (χ4v) is 2.28. The van der Waals surface area contributed by atoms with Crippen molar-refractivity contribution in [3.8, 4) is 5.13 Å². The summed E-state index contributed by atoms with van der Waals surface area (Å²) in [5.74, 6) is 0.899. The van der Waals surface area contributed by atoms with Gasteiger partial charge in [-0.25, -0.2) is 9.67 Å². The zero-order chi connectivity index (χ0) is 11.5. The first-order chi connectivity index (χ1) is 7.78. The molecule has 0 aliphatic rings. The lowest BCUT2D eigenvalue weighted by atomic mass is 10.3. The van der Waals surface area contributed by atoms with Crippen LogP contribution in [-0.2, 0) is 19.3 Å². The summed E-state index contributed by atoms with van der Waals surface area (Å²) in [7, 11) is 0. The van der Waals surface area contributed by atoms with Crippen molar-refractivity contribution < 1.29 is 0 Å². The van der Waals surface area contributed by atoms with Crippen molar-refractivity contribution >= 4 is 11.5 Å². The predicted octanol–water partition coefficient (Wildman–Crippen LogP) is 2.41. The zero-order valence-corrected chi connectivity index (χ0v) is 10.7. The van der Waals surface area contributed by atoms with Crippen LogP contribution >= 0.6 is 11.5 Å². The van der Waals surface area contributed by atoms with Gasteiger partial charge in [-0.3, -0.25) is 0 Å². The van der Waals surface area contributed by atoms with E-state index >= 15 is 0 Å². The Labute approximate surface area is 99.5 Å². The molecule has 2 rings (SSSR count). The molecule has 0 unspecified atom stereocenters. The van der Waals surface area contributed by atoms with Crippen LogP contribution < -0.4 is 0 Å². The van der Waals surface area contributed by atoms with Gasteiger partial charge in [0.25, 0.3) is 0 Å². The molecule has 0 N–H and O–H groups in total. The molecule has 2 aromatic heterocycles. The van der Waals surface area contributed by atoms with Crippen LogP contribution in [0, 0.1) is 0 Å². The van der Waals surface area contributed by atoms with Gasteiger partial charge in [-0.1, -0.05) is 20.8 Å². The molecule has 0 aromatic carbocycles. The zero-order valence-electron chi connectivity index (χ0n) is 9.90. The molecular formula is C11H16N4S. The van der Waals surface area contributed by atoms with E-state index in [2.05, 4.69) is 41.3 Å². The van der Waals surface area contributed by atoms with Gasteiger partial charge >= 0.3 is 0 Å². The van der Waals surface area contributed by atoms with E-state index in [1.165, 1.54) is 17.2 Å². The second-order valence-corrected chi connectivity index (χ2v) is 4.32. The summed E-state index contributed by atoms with van der Waals surface area (Å²) in [6, 6.07) is 2.15. The van der Waals surface area contributed by atoms with Crippen molar-refractivity contribution in [3.05, 3.63) is 23.3 Å². The van der Waals surface area contributed by atoms with Gasteiger partial charge in [0.2, 0.25) is 5.13 Å². The fraction of sp³-hybridized carbons (Fsp3) is 0.545. The van der Waals surface area contributed by atoms with Gasteiger partial charge in [-0.05, 0) is 18.9 Å². The van der Waals surface area contributed by atoms with Crippen molar-refractivity contribution in [3.63, 3.8) is 0 Å². The quantitative estimate of drug-likeness (QED) is 0.818. The number of rotatable bonds is 4. The van der Waals surface area contributed by atoms with Crippen LogP contribution in [0.1, 0.15) is 38.0 Å². The Bertz CT molecular complexity index is 472. The maximum Gasteiger partial charge on any atom is 0.230 e. The summed E-state index contributed by atoms with van der Waals surface area (Å²) >= 11 is 1.42. The molecule has 0 saturated heterocycles. The monoisotopic (exact) mass is 236 g/mol. The molecule has 4 nitrogen and oxygen atoms in total. The number of nitrogens with zero attached hydrogens (tertiary/aromatic N) is 4. The summed E-state index contributed by atoms with van der Waals surface area (Å²) < 4.78 is 6.22. The maximum atomic E-state index is 4.54. The van der Waals surface area contributed by atoms with Gasteiger partial charge in [0, 0.05) is 23.6 Å². The molecule has 5 heteroatoms. The Kier molecular flexibility index (Phi) is 3.33. The number of hydrogen-bond donors (Lipinski definition) is 0. The van der Waals surface area contributed by atoms with Crippen LogP contribution in [0.4, 0.5) is 0 Å². The van der Waals surface area contributed by atoms with E-state index in [1.54, 1.807) is 0 Å². The highest BCUT2D eigenvalue weighted by Crippen LogP contribution is 2.16. The molecule has 0 radical (unpaired) electrons. The molecule has 0 aliphatic heterocycles. The Morgan fingerprint density at radius 3 is 2.56 bits per heavy atom. The summed E-state index contributed by atoms with van der Waals surface area (Å²) in [4.78, 5) is 4.46. The minimum Gasteiger partial charge on any atom is -0.209 e. The normalized spacial score (nSPS) is 10.9. The molecule has 0 fully saturated rings. The van der Waals surface area contributed by atoms with Crippen LogP contribution in [0.5, 0.6) is 0 Å². The lowest BCUT2D eigenvalue weighted by Gasteiger charge is -1.98. The molecule has 2 aromatic rings. The highest BCUT2D eigenvalue weighted by atomic mass is 32.1. The Balaban J connectivity index is 2.41. The van der Waals surface area contributed by atoms with Gasteiger partial charge in [0.05, 0.1) is 5.69 Å². The molecule has 0 saturated carbocycles. The molecule has 0 amide bonds. The first-order valence-corrected chi connectivity index (χ1v) is 6.46. The predicted molar refractivity (Wildman–Crippen MR) is 65.2 cm³/mol. The molecule has 2 heterocycles. The molecule has 16 heavy (non-hydrogen) atoms. The van der Waals surface area contributed by atoms with Crippen LogP contribution in [0.2, 0.25) is 0 Å².